The fraction of sp³-hybridized carbons (Fsp3) is 0.360. The summed E-state index contributed by atoms with van der Waals surface area (Å²) >= 11 is 0. The first kappa shape index (κ1) is 21.1. The van der Waals surface area contributed by atoms with Crippen molar-refractivity contribution >= 4 is 16.7 Å². The number of aliphatic carboxylic acids is 1. The monoisotopic (exact) mass is 423 g/mol. The van der Waals surface area contributed by atoms with E-state index in [-0.39, 0.29) is 23.6 Å². The van der Waals surface area contributed by atoms with Crippen molar-refractivity contribution in [2.75, 3.05) is 0 Å². The molecule has 4 rings (SSSR count). The summed E-state index contributed by atoms with van der Waals surface area (Å²) in [5.74, 6) is -0.563. The number of pyridine rings is 1. The molecule has 0 aliphatic heterocycles. The Morgan fingerprint density at radius 1 is 1.19 bits per heavy atom. The summed E-state index contributed by atoms with van der Waals surface area (Å²) in [5, 5.41) is 21.0. The predicted molar refractivity (Wildman–Crippen MR) is 117 cm³/mol. The standard InChI is InChI=1S/C25H26FNO4/c1-13(2)22-21(15-5-8-20(26)14(3)9-15)18-7-6-16(28)10-19(18)23(27-22)31-17-11-25(4,12-17)24(29)30/h5-10,13,17,28H,11-12H2,1-4H3,(H,29,30). The number of benzene rings is 2. The Hall–Kier alpha value is -3.15. The third-order valence-electron chi connectivity index (χ3n) is 6.13. The summed E-state index contributed by atoms with van der Waals surface area (Å²) in [4.78, 5) is 16.2. The van der Waals surface area contributed by atoms with Crippen LogP contribution in [-0.2, 0) is 4.79 Å². The van der Waals surface area contributed by atoms with Crippen LogP contribution in [0.5, 0.6) is 11.6 Å². The van der Waals surface area contributed by atoms with E-state index in [4.69, 9.17) is 9.72 Å². The van der Waals surface area contributed by atoms with Crippen molar-refractivity contribution in [2.24, 2.45) is 5.41 Å². The van der Waals surface area contributed by atoms with Gasteiger partial charge in [0.1, 0.15) is 17.7 Å². The van der Waals surface area contributed by atoms with E-state index in [1.807, 2.05) is 19.9 Å². The van der Waals surface area contributed by atoms with Crippen molar-refractivity contribution in [3.8, 4) is 22.8 Å². The Kier molecular flexibility index (Phi) is 5.12. The van der Waals surface area contributed by atoms with Crippen molar-refractivity contribution in [3.05, 3.63) is 53.5 Å². The second-order valence-electron chi connectivity index (χ2n) is 9.04. The number of aromatic hydroxyl groups is 1. The van der Waals surface area contributed by atoms with Gasteiger partial charge in [0.2, 0.25) is 5.88 Å². The van der Waals surface area contributed by atoms with Crippen molar-refractivity contribution in [3.63, 3.8) is 0 Å². The normalized spacial score (nSPS) is 20.6. The summed E-state index contributed by atoms with van der Waals surface area (Å²) in [6, 6.07) is 10.0. The zero-order valence-corrected chi connectivity index (χ0v) is 18.1. The van der Waals surface area contributed by atoms with Crippen LogP contribution in [0.4, 0.5) is 4.39 Å². The molecule has 0 atom stereocenters. The van der Waals surface area contributed by atoms with E-state index in [9.17, 15) is 19.4 Å². The maximum absolute atomic E-state index is 13.9. The minimum Gasteiger partial charge on any atom is -0.508 e. The average Bonchev–Trinajstić information content (AvgIpc) is 2.68. The lowest BCUT2D eigenvalue weighted by atomic mass is 9.68. The molecule has 0 saturated heterocycles. The van der Waals surface area contributed by atoms with Gasteiger partial charge in [0.05, 0.1) is 11.1 Å². The Morgan fingerprint density at radius 2 is 1.90 bits per heavy atom. The summed E-state index contributed by atoms with van der Waals surface area (Å²) in [6.07, 6.45) is 0.554. The highest BCUT2D eigenvalue weighted by atomic mass is 19.1. The van der Waals surface area contributed by atoms with Gasteiger partial charge in [-0.05, 0) is 66.6 Å². The van der Waals surface area contributed by atoms with E-state index in [0.717, 1.165) is 22.2 Å². The number of phenolic OH excluding ortho intramolecular Hbond substituents is 1. The molecular weight excluding hydrogens is 397 g/mol. The van der Waals surface area contributed by atoms with Gasteiger partial charge >= 0.3 is 5.97 Å². The van der Waals surface area contributed by atoms with Gasteiger partial charge in [-0.15, -0.1) is 0 Å². The molecular formula is C25H26FNO4. The van der Waals surface area contributed by atoms with Crippen LogP contribution in [0.1, 0.15) is 50.8 Å². The molecule has 1 aliphatic rings. The number of carboxylic acids is 1. The number of carbonyl (C=O) groups is 1. The van der Waals surface area contributed by atoms with Crippen LogP contribution >= 0.6 is 0 Å². The summed E-state index contributed by atoms with van der Waals surface area (Å²) in [7, 11) is 0. The van der Waals surface area contributed by atoms with Crippen molar-refractivity contribution < 1.29 is 24.1 Å². The first-order valence-corrected chi connectivity index (χ1v) is 10.4. The smallest absolute Gasteiger partial charge is 0.309 e. The molecule has 1 aromatic heterocycles. The first-order chi connectivity index (χ1) is 14.6. The number of nitrogens with zero attached hydrogens (tertiary/aromatic N) is 1. The molecule has 6 heteroatoms. The topological polar surface area (TPSA) is 79.7 Å². The van der Waals surface area contributed by atoms with Crippen LogP contribution in [0.15, 0.2) is 36.4 Å². The third kappa shape index (κ3) is 3.71. The number of phenols is 1. The van der Waals surface area contributed by atoms with Crippen LogP contribution in [0.2, 0.25) is 0 Å². The number of aryl methyl sites for hydroxylation is 1. The van der Waals surface area contributed by atoms with E-state index in [2.05, 4.69) is 0 Å². The van der Waals surface area contributed by atoms with Gasteiger partial charge < -0.3 is 14.9 Å². The van der Waals surface area contributed by atoms with Crippen LogP contribution in [0.3, 0.4) is 0 Å². The van der Waals surface area contributed by atoms with Crippen molar-refractivity contribution in [2.45, 2.75) is 52.6 Å². The number of rotatable bonds is 5. The number of hydrogen-bond acceptors (Lipinski definition) is 4. The highest BCUT2D eigenvalue weighted by molar-refractivity contribution is 6.01. The van der Waals surface area contributed by atoms with E-state index < -0.39 is 11.4 Å². The number of aromatic nitrogens is 1. The van der Waals surface area contributed by atoms with E-state index in [1.165, 1.54) is 6.07 Å². The van der Waals surface area contributed by atoms with Gasteiger partial charge in [-0.2, -0.15) is 0 Å². The fourth-order valence-corrected chi connectivity index (χ4v) is 4.26. The highest BCUT2D eigenvalue weighted by Gasteiger charge is 2.48. The zero-order chi connectivity index (χ0) is 22.5. The number of fused-ring (bicyclic) bond motifs is 1. The minimum absolute atomic E-state index is 0.0617. The van der Waals surface area contributed by atoms with E-state index in [0.29, 0.717) is 29.7 Å². The molecule has 1 fully saturated rings. The Labute approximate surface area is 180 Å². The zero-order valence-electron chi connectivity index (χ0n) is 18.1. The molecule has 2 aromatic carbocycles. The fourth-order valence-electron chi connectivity index (χ4n) is 4.26. The lowest BCUT2D eigenvalue weighted by molar-refractivity contribution is -0.159. The molecule has 5 nitrogen and oxygen atoms in total. The van der Waals surface area contributed by atoms with Crippen LogP contribution in [0, 0.1) is 18.2 Å². The summed E-state index contributed by atoms with van der Waals surface area (Å²) < 4.78 is 20.0. The maximum Gasteiger partial charge on any atom is 0.309 e. The molecule has 2 N–H and O–H groups in total. The molecule has 1 heterocycles. The molecule has 3 aromatic rings. The van der Waals surface area contributed by atoms with Crippen molar-refractivity contribution in [1.82, 2.24) is 4.98 Å². The molecule has 31 heavy (non-hydrogen) atoms. The van der Waals surface area contributed by atoms with E-state index in [1.54, 1.807) is 38.1 Å². The molecule has 0 spiro atoms. The lowest BCUT2D eigenvalue weighted by Crippen LogP contribution is -2.47. The largest absolute Gasteiger partial charge is 0.508 e. The first-order valence-electron chi connectivity index (χ1n) is 10.4. The van der Waals surface area contributed by atoms with Gasteiger partial charge in [-0.1, -0.05) is 19.9 Å². The second-order valence-corrected chi connectivity index (χ2v) is 9.04. The van der Waals surface area contributed by atoms with Gasteiger partial charge in [0, 0.05) is 23.8 Å². The average molecular weight is 423 g/mol. The summed E-state index contributed by atoms with van der Waals surface area (Å²) in [5.41, 5.74) is 2.29. The lowest BCUT2D eigenvalue weighted by Gasteiger charge is -2.41. The van der Waals surface area contributed by atoms with Gasteiger partial charge in [-0.3, -0.25) is 4.79 Å². The quantitative estimate of drug-likeness (QED) is 0.541. The Morgan fingerprint density at radius 3 is 2.52 bits per heavy atom. The molecule has 0 bridgehead atoms. The molecule has 1 saturated carbocycles. The molecule has 1 aliphatic carbocycles. The molecule has 0 amide bonds. The van der Waals surface area contributed by atoms with Crippen LogP contribution in [0.25, 0.3) is 21.9 Å². The highest BCUT2D eigenvalue weighted by Crippen LogP contribution is 2.45. The minimum atomic E-state index is -0.826. The third-order valence-corrected chi connectivity index (χ3v) is 6.13. The molecule has 0 unspecified atom stereocenters. The van der Waals surface area contributed by atoms with Gasteiger partial charge in [-0.25, -0.2) is 9.37 Å². The maximum atomic E-state index is 13.9. The van der Waals surface area contributed by atoms with Crippen LogP contribution < -0.4 is 4.74 Å². The SMILES string of the molecule is Cc1cc(-c2c(C(C)C)nc(OC3CC(C)(C(=O)O)C3)c3cc(O)ccc23)ccc1F. The molecule has 162 valence electrons. The van der Waals surface area contributed by atoms with Crippen molar-refractivity contribution in [1.29, 1.82) is 0 Å². The van der Waals surface area contributed by atoms with E-state index >= 15 is 0 Å². The molecule has 0 radical (unpaired) electrons. The number of hydrogen-bond donors (Lipinski definition) is 2. The number of halogens is 1. The van der Waals surface area contributed by atoms with Gasteiger partial charge in [0.25, 0.3) is 0 Å². The van der Waals surface area contributed by atoms with Gasteiger partial charge in [0.15, 0.2) is 0 Å². The predicted octanol–water partition coefficient (Wildman–Crippen LogP) is 5.81. The second kappa shape index (κ2) is 7.52. The number of carboxylic acid groups (broad SMARTS) is 1. The summed E-state index contributed by atoms with van der Waals surface area (Å²) in [6.45, 7) is 7.50. The Balaban J connectivity index is 1.86. The number of ether oxygens (including phenoxy) is 1. The van der Waals surface area contributed by atoms with Crippen LogP contribution in [-0.4, -0.2) is 27.3 Å². The Bertz CT molecular complexity index is 1180.